The number of nitriles is 1. The van der Waals surface area contributed by atoms with E-state index in [0.717, 1.165) is 11.3 Å². The van der Waals surface area contributed by atoms with Gasteiger partial charge in [-0.25, -0.2) is 0 Å². The first-order valence-corrected chi connectivity index (χ1v) is 5.21. The highest BCUT2D eigenvalue weighted by molar-refractivity contribution is 5.46. The maximum Gasteiger partial charge on any atom is 0.163 e. The van der Waals surface area contributed by atoms with Gasteiger partial charge in [-0.05, 0) is 25.5 Å². The topological polar surface area (TPSA) is 76.9 Å². The predicted octanol–water partition coefficient (Wildman–Crippen LogP) is 1.83. The van der Waals surface area contributed by atoms with Crippen LogP contribution in [0.25, 0.3) is 0 Å². The van der Waals surface area contributed by atoms with Crippen molar-refractivity contribution in [1.29, 1.82) is 5.26 Å². The first-order valence-electron chi connectivity index (χ1n) is 5.21. The number of ether oxygens (including phenoxy) is 1. The van der Waals surface area contributed by atoms with Crippen LogP contribution in [0.1, 0.15) is 19.4 Å². The van der Waals surface area contributed by atoms with Crippen LogP contribution in [0.15, 0.2) is 29.7 Å². The van der Waals surface area contributed by atoms with Gasteiger partial charge >= 0.3 is 0 Å². The molecule has 0 spiro atoms. The van der Waals surface area contributed by atoms with Crippen LogP contribution in [0.3, 0.4) is 0 Å². The Morgan fingerprint density at radius 1 is 1.71 bits per heavy atom. The van der Waals surface area contributed by atoms with Crippen molar-refractivity contribution in [2.45, 2.75) is 20.4 Å². The summed E-state index contributed by atoms with van der Waals surface area (Å²) in [7, 11) is 1.62. The third kappa shape index (κ3) is 3.38. The number of rotatable bonds is 4. The number of nitrogens with two attached hydrogens (primary N) is 1. The van der Waals surface area contributed by atoms with E-state index in [-0.39, 0.29) is 5.82 Å². The Morgan fingerprint density at radius 3 is 2.88 bits per heavy atom. The quantitative estimate of drug-likeness (QED) is 0.634. The first kappa shape index (κ1) is 12.8. The molecule has 2 N–H and O–H groups in total. The molecule has 0 radical (unpaired) electrons. The maximum absolute atomic E-state index is 8.78. The summed E-state index contributed by atoms with van der Waals surface area (Å²) in [6.45, 7) is 4.37. The van der Waals surface area contributed by atoms with Gasteiger partial charge in [0.2, 0.25) is 0 Å². The van der Waals surface area contributed by atoms with E-state index in [0.29, 0.717) is 12.1 Å². The van der Waals surface area contributed by atoms with Gasteiger partial charge in [-0.15, -0.1) is 0 Å². The van der Waals surface area contributed by atoms with E-state index < -0.39 is 0 Å². The molecule has 1 heterocycles. The number of anilines is 1. The van der Waals surface area contributed by atoms with E-state index in [1.807, 2.05) is 32.1 Å². The lowest BCUT2D eigenvalue weighted by molar-refractivity contribution is 0.293. The summed E-state index contributed by atoms with van der Waals surface area (Å²) < 4.78 is 6.73. The molecule has 0 amide bonds. The van der Waals surface area contributed by atoms with Crippen molar-refractivity contribution >= 4 is 5.82 Å². The molecule has 5 nitrogen and oxygen atoms in total. The van der Waals surface area contributed by atoms with Gasteiger partial charge in [0.25, 0.3) is 0 Å². The number of allylic oxidation sites excluding steroid dienone is 4. The van der Waals surface area contributed by atoms with E-state index in [4.69, 9.17) is 15.7 Å². The van der Waals surface area contributed by atoms with Crippen molar-refractivity contribution in [2.24, 2.45) is 0 Å². The van der Waals surface area contributed by atoms with E-state index in [2.05, 4.69) is 5.10 Å². The van der Waals surface area contributed by atoms with Gasteiger partial charge in [0, 0.05) is 6.20 Å². The van der Waals surface area contributed by atoms with E-state index >= 15 is 0 Å². The smallest absolute Gasteiger partial charge is 0.163 e. The standard InChI is InChI=1S/C12H16N4O/c1-4-10(5-9(2)17-3)7-16-8-11(6-13)12(14)15-16/h4-5,8H,7H2,1-3H3,(H2,14,15)/b9-5+,10-4+. The zero-order valence-electron chi connectivity index (χ0n) is 10.3. The molecule has 0 aliphatic heterocycles. The minimum absolute atomic E-state index is 0.260. The van der Waals surface area contributed by atoms with Crippen molar-refractivity contribution in [3.05, 3.63) is 35.2 Å². The average Bonchev–Trinajstić information content (AvgIpc) is 2.68. The van der Waals surface area contributed by atoms with Crippen LogP contribution >= 0.6 is 0 Å². The van der Waals surface area contributed by atoms with Crippen LogP contribution in [-0.4, -0.2) is 16.9 Å². The predicted molar refractivity (Wildman–Crippen MR) is 65.9 cm³/mol. The van der Waals surface area contributed by atoms with Gasteiger partial charge in [0.05, 0.1) is 19.4 Å². The number of nitrogens with zero attached hydrogens (tertiary/aromatic N) is 3. The van der Waals surface area contributed by atoms with Crippen molar-refractivity contribution in [3.8, 4) is 6.07 Å². The second-order valence-corrected chi connectivity index (χ2v) is 3.56. The number of hydrogen-bond donors (Lipinski definition) is 1. The van der Waals surface area contributed by atoms with Crippen molar-refractivity contribution in [3.63, 3.8) is 0 Å². The van der Waals surface area contributed by atoms with Gasteiger partial charge in [0.1, 0.15) is 11.6 Å². The highest BCUT2D eigenvalue weighted by Gasteiger charge is 2.05. The highest BCUT2D eigenvalue weighted by Crippen LogP contribution is 2.11. The lowest BCUT2D eigenvalue weighted by Gasteiger charge is -2.04. The minimum atomic E-state index is 0.260. The molecule has 0 saturated carbocycles. The molecule has 1 rings (SSSR count). The van der Waals surface area contributed by atoms with Crippen LogP contribution in [0, 0.1) is 11.3 Å². The van der Waals surface area contributed by atoms with Gasteiger partial charge in [-0.2, -0.15) is 10.4 Å². The fraction of sp³-hybridized carbons (Fsp3) is 0.333. The Labute approximate surface area is 101 Å². The third-order valence-corrected chi connectivity index (χ3v) is 2.34. The number of nitrogen functional groups attached to an aromatic ring is 1. The second kappa shape index (κ2) is 5.75. The van der Waals surface area contributed by atoms with Gasteiger partial charge < -0.3 is 10.5 Å². The van der Waals surface area contributed by atoms with E-state index in [9.17, 15) is 0 Å². The van der Waals surface area contributed by atoms with E-state index in [1.165, 1.54) is 0 Å². The highest BCUT2D eigenvalue weighted by atomic mass is 16.5. The zero-order chi connectivity index (χ0) is 12.8. The molecule has 90 valence electrons. The summed E-state index contributed by atoms with van der Waals surface area (Å²) in [4.78, 5) is 0. The van der Waals surface area contributed by atoms with Crippen LogP contribution in [0.5, 0.6) is 0 Å². The monoisotopic (exact) mass is 232 g/mol. The van der Waals surface area contributed by atoms with Gasteiger partial charge in [0.15, 0.2) is 5.82 Å². The van der Waals surface area contributed by atoms with E-state index in [1.54, 1.807) is 18.0 Å². The lowest BCUT2D eigenvalue weighted by atomic mass is 10.2. The van der Waals surface area contributed by atoms with Gasteiger partial charge in [-0.1, -0.05) is 6.08 Å². The average molecular weight is 232 g/mol. The summed E-state index contributed by atoms with van der Waals surface area (Å²) >= 11 is 0. The third-order valence-electron chi connectivity index (χ3n) is 2.34. The van der Waals surface area contributed by atoms with Crippen LogP contribution in [0.4, 0.5) is 5.82 Å². The molecule has 0 aromatic carbocycles. The Balaban J connectivity index is 2.86. The summed E-state index contributed by atoms with van der Waals surface area (Å²) in [5.41, 5.74) is 7.02. The molecular formula is C12H16N4O. The van der Waals surface area contributed by atoms with Crippen LogP contribution in [0.2, 0.25) is 0 Å². The molecular weight excluding hydrogens is 216 g/mol. The minimum Gasteiger partial charge on any atom is -0.501 e. The maximum atomic E-state index is 8.78. The normalized spacial score (nSPS) is 12.4. The van der Waals surface area contributed by atoms with Gasteiger partial charge in [-0.3, -0.25) is 4.68 Å². The number of hydrogen-bond acceptors (Lipinski definition) is 4. The molecule has 0 unspecified atom stereocenters. The fourth-order valence-corrected chi connectivity index (χ4v) is 1.33. The zero-order valence-corrected chi connectivity index (χ0v) is 10.3. The lowest BCUT2D eigenvalue weighted by Crippen LogP contribution is -2.01. The van der Waals surface area contributed by atoms with Crippen molar-refractivity contribution in [1.82, 2.24) is 9.78 Å². The molecule has 0 bridgehead atoms. The van der Waals surface area contributed by atoms with Crippen LogP contribution < -0.4 is 5.73 Å². The number of aromatic nitrogens is 2. The van der Waals surface area contributed by atoms with Crippen molar-refractivity contribution < 1.29 is 4.74 Å². The summed E-state index contributed by atoms with van der Waals surface area (Å²) in [6.07, 6.45) is 5.52. The molecule has 1 aromatic heterocycles. The Hall–Kier alpha value is -2.22. The molecule has 0 aliphatic rings. The molecule has 5 heteroatoms. The largest absolute Gasteiger partial charge is 0.501 e. The molecule has 0 aliphatic carbocycles. The Kier molecular flexibility index (Phi) is 4.35. The Bertz CT molecular complexity index is 491. The SMILES string of the molecule is C/C=C(\C=C(/C)OC)Cn1cc(C#N)c(N)n1. The van der Waals surface area contributed by atoms with Crippen molar-refractivity contribution in [2.75, 3.05) is 12.8 Å². The Morgan fingerprint density at radius 2 is 2.41 bits per heavy atom. The fourth-order valence-electron chi connectivity index (χ4n) is 1.33. The summed E-state index contributed by atoms with van der Waals surface area (Å²) in [5.74, 6) is 1.08. The summed E-state index contributed by atoms with van der Waals surface area (Å²) in [6, 6.07) is 1.99. The number of methoxy groups -OCH3 is 1. The summed E-state index contributed by atoms with van der Waals surface area (Å²) in [5, 5.41) is 12.8. The molecule has 0 fully saturated rings. The second-order valence-electron chi connectivity index (χ2n) is 3.56. The molecule has 0 atom stereocenters. The van der Waals surface area contributed by atoms with Crippen LogP contribution in [-0.2, 0) is 11.3 Å². The molecule has 0 saturated heterocycles. The molecule has 17 heavy (non-hydrogen) atoms. The first-order chi connectivity index (χ1) is 8.10. The molecule has 1 aromatic rings.